The minimum Gasteiger partial charge on any atom is -0.437 e. The number of nitrogens with zero attached hydrogens (tertiary/aromatic N) is 3. The van der Waals surface area contributed by atoms with Crippen molar-refractivity contribution in [3.05, 3.63) is 30.0 Å². The second-order valence-electron chi connectivity index (χ2n) is 5.34. The molecule has 0 saturated carbocycles. The van der Waals surface area contributed by atoms with Crippen LogP contribution in [0.5, 0.6) is 11.6 Å². The van der Waals surface area contributed by atoms with E-state index in [4.69, 9.17) is 10.5 Å². The summed E-state index contributed by atoms with van der Waals surface area (Å²) in [7, 11) is 3.99. The van der Waals surface area contributed by atoms with Gasteiger partial charge in [0.15, 0.2) is 0 Å². The smallest absolute Gasteiger partial charge is 0.241 e. The highest BCUT2D eigenvalue weighted by Gasteiger charge is 2.17. The largest absolute Gasteiger partial charge is 0.437 e. The molecule has 2 N–H and O–H groups in total. The molecule has 108 valence electrons. The van der Waals surface area contributed by atoms with Gasteiger partial charge in [-0.25, -0.2) is 4.68 Å². The topological polar surface area (TPSA) is 56.3 Å². The van der Waals surface area contributed by atoms with E-state index in [1.165, 1.54) is 0 Å². The van der Waals surface area contributed by atoms with Crippen LogP contribution in [-0.2, 0) is 0 Å². The third kappa shape index (κ3) is 2.71. The molecule has 0 aliphatic heterocycles. The van der Waals surface area contributed by atoms with Crippen LogP contribution < -0.4 is 15.4 Å². The monoisotopic (exact) mass is 274 g/mol. The molecule has 1 heterocycles. The molecule has 0 fully saturated rings. The Morgan fingerprint density at radius 3 is 2.60 bits per heavy atom. The summed E-state index contributed by atoms with van der Waals surface area (Å²) < 4.78 is 7.77. The second-order valence-corrected chi connectivity index (χ2v) is 5.34. The van der Waals surface area contributed by atoms with Crippen LogP contribution >= 0.6 is 0 Å². The van der Waals surface area contributed by atoms with Crippen LogP contribution in [0.15, 0.2) is 24.3 Å². The van der Waals surface area contributed by atoms with Crippen LogP contribution in [0, 0.1) is 6.92 Å². The number of rotatable bonds is 4. The number of benzene rings is 1. The van der Waals surface area contributed by atoms with Gasteiger partial charge < -0.3 is 15.4 Å². The minimum atomic E-state index is 0.193. The molecule has 0 atom stereocenters. The van der Waals surface area contributed by atoms with Gasteiger partial charge in [0.2, 0.25) is 5.88 Å². The van der Waals surface area contributed by atoms with E-state index in [1.807, 2.05) is 54.9 Å². The Labute approximate surface area is 119 Å². The van der Waals surface area contributed by atoms with Crippen molar-refractivity contribution >= 4 is 11.4 Å². The van der Waals surface area contributed by atoms with Crippen molar-refractivity contribution in [2.24, 2.45) is 0 Å². The zero-order chi connectivity index (χ0) is 14.9. The lowest BCUT2D eigenvalue weighted by Crippen LogP contribution is -2.09. The Kier molecular flexibility index (Phi) is 3.88. The summed E-state index contributed by atoms with van der Waals surface area (Å²) in [6.07, 6.45) is 0. The number of nitrogen functional groups attached to an aromatic ring is 1. The highest BCUT2D eigenvalue weighted by molar-refractivity contribution is 5.56. The number of nitrogens with two attached hydrogens (primary N) is 1. The van der Waals surface area contributed by atoms with Crippen molar-refractivity contribution in [3.8, 4) is 11.6 Å². The zero-order valence-corrected chi connectivity index (χ0v) is 12.7. The van der Waals surface area contributed by atoms with E-state index in [0.717, 1.165) is 17.1 Å². The molecular weight excluding hydrogens is 252 g/mol. The maximum atomic E-state index is 6.07. The fraction of sp³-hybridized carbons (Fsp3) is 0.400. The lowest BCUT2D eigenvalue weighted by Gasteiger charge is -2.15. The van der Waals surface area contributed by atoms with Crippen molar-refractivity contribution in [3.63, 3.8) is 0 Å². The summed E-state index contributed by atoms with van der Waals surface area (Å²) in [5.74, 6) is 1.36. The van der Waals surface area contributed by atoms with E-state index >= 15 is 0 Å². The molecule has 1 aromatic carbocycles. The summed E-state index contributed by atoms with van der Waals surface area (Å²) >= 11 is 0. The molecule has 2 aromatic rings. The lowest BCUT2D eigenvalue weighted by molar-refractivity contribution is 0.390. The molecule has 0 spiro atoms. The number of anilines is 2. The molecular formula is C15H22N4O. The van der Waals surface area contributed by atoms with Gasteiger partial charge in [0.1, 0.15) is 11.4 Å². The molecule has 0 aliphatic carbocycles. The van der Waals surface area contributed by atoms with Gasteiger partial charge >= 0.3 is 0 Å². The fourth-order valence-electron chi connectivity index (χ4n) is 1.93. The van der Waals surface area contributed by atoms with E-state index in [9.17, 15) is 0 Å². The Bertz CT molecular complexity index is 602. The first-order valence-electron chi connectivity index (χ1n) is 6.70. The average molecular weight is 274 g/mol. The van der Waals surface area contributed by atoms with Gasteiger partial charge in [0, 0.05) is 25.8 Å². The molecule has 0 aliphatic rings. The van der Waals surface area contributed by atoms with E-state index in [0.29, 0.717) is 11.6 Å². The maximum absolute atomic E-state index is 6.07. The molecule has 0 unspecified atom stereocenters. The first-order chi connectivity index (χ1) is 9.40. The van der Waals surface area contributed by atoms with Crippen LogP contribution in [0.25, 0.3) is 0 Å². The molecule has 0 radical (unpaired) electrons. The summed E-state index contributed by atoms with van der Waals surface area (Å²) in [6, 6.07) is 8.08. The van der Waals surface area contributed by atoms with Gasteiger partial charge in [-0.2, -0.15) is 5.10 Å². The lowest BCUT2D eigenvalue weighted by atomic mass is 10.3. The molecule has 0 saturated heterocycles. The summed E-state index contributed by atoms with van der Waals surface area (Å²) in [6.45, 7) is 5.99. The third-order valence-corrected chi connectivity index (χ3v) is 3.12. The zero-order valence-electron chi connectivity index (χ0n) is 12.7. The highest BCUT2D eigenvalue weighted by Crippen LogP contribution is 2.33. The Hall–Kier alpha value is -2.17. The van der Waals surface area contributed by atoms with Gasteiger partial charge in [-0.1, -0.05) is 6.07 Å². The first kappa shape index (κ1) is 14.2. The van der Waals surface area contributed by atoms with Gasteiger partial charge in [0.05, 0.1) is 11.7 Å². The van der Waals surface area contributed by atoms with E-state index in [1.54, 1.807) is 0 Å². The first-order valence-corrected chi connectivity index (χ1v) is 6.70. The number of hydrogen-bond acceptors (Lipinski definition) is 4. The van der Waals surface area contributed by atoms with Crippen LogP contribution in [-0.4, -0.2) is 23.9 Å². The van der Waals surface area contributed by atoms with E-state index < -0.39 is 0 Å². The van der Waals surface area contributed by atoms with Gasteiger partial charge in [-0.05, 0) is 32.9 Å². The van der Waals surface area contributed by atoms with E-state index in [-0.39, 0.29) is 6.04 Å². The van der Waals surface area contributed by atoms with Crippen LogP contribution in [0.2, 0.25) is 0 Å². The summed E-state index contributed by atoms with van der Waals surface area (Å²) in [5.41, 5.74) is 8.53. The van der Waals surface area contributed by atoms with Crippen molar-refractivity contribution in [1.82, 2.24) is 9.78 Å². The quantitative estimate of drug-likeness (QED) is 0.930. The Balaban J connectivity index is 2.37. The number of aryl methyl sites for hydroxylation is 1. The van der Waals surface area contributed by atoms with Crippen LogP contribution in [0.3, 0.4) is 0 Å². The normalized spacial score (nSPS) is 10.9. The third-order valence-electron chi connectivity index (χ3n) is 3.12. The van der Waals surface area contributed by atoms with Crippen molar-refractivity contribution in [2.75, 3.05) is 24.7 Å². The molecule has 5 heteroatoms. The number of hydrogen-bond donors (Lipinski definition) is 1. The second kappa shape index (κ2) is 5.45. The predicted octanol–water partition coefficient (Wildman–Crippen LogP) is 3.21. The Morgan fingerprint density at radius 2 is 2.00 bits per heavy atom. The molecule has 2 rings (SSSR count). The van der Waals surface area contributed by atoms with Crippen LogP contribution in [0.1, 0.15) is 25.6 Å². The standard InChI is InChI=1S/C15H22N4O/c1-10(2)19-15(14(16)11(3)17-19)20-13-8-6-7-12(9-13)18(4)5/h6-10H,16H2,1-5H3. The molecule has 5 nitrogen and oxygen atoms in total. The molecule has 0 bridgehead atoms. The van der Waals surface area contributed by atoms with Crippen molar-refractivity contribution in [1.29, 1.82) is 0 Å². The number of aromatic nitrogens is 2. The van der Waals surface area contributed by atoms with Gasteiger partial charge in [0.25, 0.3) is 0 Å². The van der Waals surface area contributed by atoms with Gasteiger partial charge in [-0.15, -0.1) is 0 Å². The van der Waals surface area contributed by atoms with Crippen LogP contribution in [0.4, 0.5) is 11.4 Å². The molecule has 0 amide bonds. The van der Waals surface area contributed by atoms with Crippen molar-refractivity contribution < 1.29 is 4.74 Å². The van der Waals surface area contributed by atoms with E-state index in [2.05, 4.69) is 18.9 Å². The maximum Gasteiger partial charge on any atom is 0.241 e. The molecule has 1 aromatic heterocycles. The minimum absolute atomic E-state index is 0.193. The Morgan fingerprint density at radius 1 is 1.30 bits per heavy atom. The summed E-state index contributed by atoms with van der Waals surface area (Å²) in [4.78, 5) is 2.03. The number of ether oxygens (including phenoxy) is 1. The van der Waals surface area contributed by atoms with Gasteiger partial charge in [-0.3, -0.25) is 0 Å². The highest BCUT2D eigenvalue weighted by atomic mass is 16.5. The van der Waals surface area contributed by atoms with Crippen molar-refractivity contribution in [2.45, 2.75) is 26.8 Å². The fourth-order valence-corrected chi connectivity index (χ4v) is 1.93. The SMILES string of the molecule is Cc1nn(C(C)C)c(Oc2cccc(N(C)C)c2)c1N. The predicted molar refractivity (Wildman–Crippen MR) is 82.6 cm³/mol. The average Bonchev–Trinajstić information content (AvgIpc) is 2.67. The summed E-state index contributed by atoms with van der Waals surface area (Å²) in [5, 5.41) is 4.42. The molecule has 20 heavy (non-hydrogen) atoms.